The molecule has 15 heteroatoms. The van der Waals surface area contributed by atoms with Crippen molar-refractivity contribution in [2.75, 3.05) is 21.3 Å². The lowest BCUT2D eigenvalue weighted by molar-refractivity contribution is -0.113. The fourth-order valence-corrected chi connectivity index (χ4v) is 5.20. The molecule has 1 aliphatic heterocycles. The number of halogens is 4. The van der Waals surface area contributed by atoms with Crippen LogP contribution in [0.25, 0.3) is 0 Å². The zero-order valence-electron chi connectivity index (χ0n) is 15.3. The van der Waals surface area contributed by atoms with E-state index in [1.54, 1.807) is 12.1 Å². The Hall–Kier alpha value is -1.22. The third kappa shape index (κ3) is 7.14. The lowest BCUT2D eigenvalue weighted by Gasteiger charge is -2.16. The fourth-order valence-electron chi connectivity index (χ4n) is 2.26. The standard InChI is InChI=1S/C8H8BrClN2O3S.C8H6BrClN2O2S/c9-4-8(13)12-6-2-1-5(10)3-7(6)16(11,14)15;9-4-8-11-6-2-1-5(10)3-7(6)15(13,14)12-8/h1-3H,4H2,(H,12,13)(H2,11,14,15);1-3H,4H2,(H,11,12). The first kappa shape index (κ1) is 26.0. The highest BCUT2D eigenvalue weighted by Crippen LogP contribution is 2.30. The Morgan fingerprint density at radius 2 is 1.74 bits per heavy atom. The van der Waals surface area contributed by atoms with Crippen LogP contribution in [0.4, 0.5) is 11.4 Å². The van der Waals surface area contributed by atoms with Crippen LogP contribution in [0.15, 0.2) is 50.6 Å². The quantitative estimate of drug-likeness (QED) is 0.437. The topological polar surface area (TPSA) is 148 Å². The zero-order chi connectivity index (χ0) is 23.4. The highest BCUT2D eigenvalue weighted by atomic mass is 79.9. The van der Waals surface area contributed by atoms with Gasteiger partial charge in [-0.15, -0.1) is 4.40 Å². The van der Waals surface area contributed by atoms with Crippen LogP contribution in [-0.2, 0) is 24.8 Å². The normalized spacial score (nSPS) is 14.3. The molecule has 0 radical (unpaired) electrons. The van der Waals surface area contributed by atoms with Crippen molar-refractivity contribution in [2.45, 2.75) is 9.79 Å². The number of alkyl halides is 2. The number of sulfonamides is 2. The predicted octanol–water partition coefficient (Wildman–Crippen LogP) is 3.57. The van der Waals surface area contributed by atoms with Gasteiger partial charge in [0, 0.05) is 10.0 Å². The summed E-state index contributed by atoms with van der Waals surface area (Å²) in [5.74, 6) is -0.0166. The van der Waals surface area contributed by atoms with Crippen LogP contribution in [0.1, 0.15) is 0 Å². The van der Waals surface area contributed by atoms with Gasteiger partial charge in [-0.1, -0.05) is 55.1 Å². The van der Waals surface area contributed by atoms with Crippen molar-refractivity contribution in [2.24, 2.45) is 9.54 Å². The maximum Gasteiger partial charge on any atom is 0.286 e. The summed E-state index contributed by atoms with van der Waals surface area (Å²) in [5, 5.41) is 11.3. The lowest BCUT2D eigenvalue weighted by Crippen LogP contribution is -2.22. The van der Waals surface area contributed by atoms with E-state index in [4.69, 9.17) is 28.3 Å². The van der Waals surface area contributed by atoms with E-state index < -0.39 is 20.0 Å². The van der Waals surface area contributed by atoms with Gasteiger partial charge < -0.3 is 10.6 Å². The second-order valence-electron chi connectivity index (χ2n) is 5.78. The van der Waals surface area contributed by atoms with Gasteiger partial charge in [0.15, 0.2) is 0 Å². The summed E-state index contributed by atoms with van der Waals surface area (Å²) in [6, 6.07) is 8.64. The van der Waals surface area contributed by atoms with Crippen molar-refractivity contribution in [3.05, 3.63) is 46.4 Å². The molecule has 9 nitrogen and oxygen atoms in total. The Bertz CT molecular complexity index is 1250. The average Bonchev–Trinajstić information content (AvgIpc) is 2.69. The van der Waals surface area contributed by atoms with Gasteiger partial charge >= 0.3 is 0 Å². The number of primary sulfonamides is 1. The molecular formula is C16H14Br2Cl2N4O5S2. The number of amides is 1. The molecule has 0 aliphatic carbocycles. The molecule has 0 saturated heterocycles. The molecule has 1 amide bonds. The van der Waals surface area contributed by atoms with E-state index in [1.807, 2.05) is 0 Å². The van der Waals surface area contributed by atoms with Crippen molar-refractivity contribution in [1.29, 1.82) is 0 Å². The average molecular weight is 637 g/mol. The van der Waals surface area contributed by atoms with Crippen LogP contribution in [0.3, 0.4) is 0 Å². The van der Waals surface area contributed by atoms with Crippen molar-refractivity contribution in [3.63, 3.8) is 0 Å². The molecule has 2 aromatic rings. The molecular weight excluding hydrogens is 623 g/mol. The minimum atomic E-state index is -3.92. The summed E-state index contributed by atoms with van der Waals surface area (Å²) in [5.41, 5.74) is 0.611. The molecule has 0 bridgehead atoms. The van der Waals surface area contributed by atoms with Gasteiger partial charge in [0.2, 0.25) is 15.9 Å². The summed E-state index contributed by atoms with van der Waals surface area (Å²) >= 11 is 17.5. The van der Waals surface area contributed by atoms with Crippen LogP contribution in [-0.4, -0.2) is 39.2 Å². The number of nitrogens with two attached hydrogens (primary N) is 1. The van der Waals surface area contributed by atoms with Crippen LogP contribution < -0.4 is 15.8 Å². The van der Waals surface area contributed by atoms with Gasteiger partial charge in [0.25, 0.3) is 10.0 Å². The first-order valence-corrected chi connectivity index (χ1v) is 14.0. The van der Waals surface area contributed by atoms with Crippen molar-refractivity contribution < 1.29 is 21.6 Å². The van der Waals surface area contributed by atoms with Crippen LogP contribution in [0, 0.1) is 0 Å². The van der Waals surface area contributed by atoms with Gasteiger partial charge in [-0.2, -0.15) is 8.42 Å². The Morgan fingerprint density at radius 3 is 2.32 bits per heavy atom. The number of benzene rings is 2. The second-order valence-corrected chi connectivity index (χ2v) is 10.9. The number of carbonyl (C=O) groups is 1. The monoisotopic (exact) mass is 634 g/mol. The van der Waals surface area contributed by atoms with Gasteiger partial charge in [0.05, 0.1) is 22.0 Å². The van der Waals surface area contributed by atoms with Gasteiger partial charge in [0.1, 0.15) is 15.6 Å². The molecule has 0 fully saturated rings. The second kappa shape index (κ2) is 10.6. The molecule has 3 rings (SSSR count). The van der Waals surface area contributed by atoms with E-state index in [0.717, 1.165) is 0 Å². The summed E-state index contributed by atoms with van der Waals surface area (Å²) < 4.78 is 49.4. The van der Waals surface area contributed by atoms with Crippen LogP contribution >= 0.6 is 55.1 Å². The molecule has 0 unspecified atom stereocenters. The summed E-state index contributed by atoms with van der Waals surface area (Å²) in [6.07, 6.45) is 0. The Kier molecular flexibility index (Phi) is 8.90. The van der Waals surface area contributed by atoms with Crippen molar-refractivity contribution in [1.82, 2.24) is 0 Å². The molecule has 0 aromatic heterocycles. The van der Waals surface area contributed by atoms with E-state index in [-0.39, 0.29) is 31.7 Å². The van der Waals surface area contributed by atoms with Gasteiger partial charge in [-0.25, -0.2) is 13.6 Å². The molecule has 168 valence electrons. The number of rotatable bonds is 4. The molecule has 1 aliphatic rings. The fraction of sp³-hybridized carbons (Fsp3) is 0.125. The summed E-state index contributed by atoms with van der Waals surface area (Å²) in [4.78, 5) is 11.0. The minimum Gasteiger partial charge on any atom is -0.341 e. The number of carbonyl (C=O) groups excluding carboxylic acids is 1. The Morgan fingerprint density at radius 1 is 1.13 bits per heavy atom. The number of amidine groups is 1. The number of hydrogen-bond donors (Lipinski definition) is 3. The largest absolute Gasteiger partial charge is 0.341 e. The molecule has 0 atom stereocenters. The van der Waals surface area contributed by atoms with E-state index in [9.17, 15) is 21.6 Å². The van der Waals surface area contributed by atoms with Crippen molar-refractivity contribution >= 4 is 98.2 Å². The van der Waals surface area contributed by atoms with E-state index in [1.165, 1.54) is 24.3 Å². The molecule has 0 saturated carbocycles. The van der Waals surface area contributed by atoms with E-state index >= 15 is 0 Å². The smallest absolute Gasteiger partial charge is 0.286 e. The maximum atomic E-state index is 11.7. The highest BCUT2D eigenvalue weighted by molar-refractivity contribution is 9.09. The first-order chi connectivity index (χ1) is 14.4. The van der Waals surface area contributed by atoms with Crippen LogP contribution in [0.5, 0.6) is 0 Å². The predicted molar refractivity (Wildman–Crippen MR) is 129 cm³/mol. The van der Waals surface area contributed by atoms with Crippen molar-refractivity contribution in [3.8, 4) is 0 Å². The number of nitrogens with zero attached hydrogens (tertiary/aromatic N) is 1. The Balaban J connectivity index is 0.000000220. The number of anilines is 2. The number of nitrogens with one attached hydrogen (secondary N) is 2. The Labute approximate surface area is 205 Å². The van der Waals surface area contributed by atoms with Crippen LogP contribution in [0.2, 0.25) is 10.0 Å². The third-order valence-electron chi connectivity index (χ3n) is 3.50. The molecule has 1 heterocycles. The molecule has 31 heavy (non-hydrogen) atoms. The molecule has 2 aromatic carbocycles. The van der Waals surface area contributed by atoms with E-state index in [2.05, 4.69) is 46.9 Å². The van der Waals surface area contributed by atoms with Gasteiger partial charge in [-0.05, 0) is 36.4 Å². The molecule has 4 N–H and O–H groups in total. The minimum absolute atomic E-state index is 0.0552. The SMILES string of the molecule is NS(=O)(=O)c1cc(Cl)ccc1NC(=O)CBr.O=S1(=O)N=C(CBr)Nc2ccc(Cl)cc21. The summed E-state index contributed by atoms with van der Waals surface area (Å²) in [7, 11) is -7.54. The number of fused-ring (bicyclic) bond motifs is 1. The molecule has 0 spiro atoms. The van der Waals surface area contributed by atoms with E-state index in [0.29, 0.717) is 21.9 Å². The first-order valence-electron chi connectivity index (χ1n) is 8.02. The number of hydrogen-bond acceptors (Lipinski definition) is 6. The zero-order valence-corrected chi connectivity index (χ0v) is 21.6. The summed E-state index contributed by atoms with van der Waals surface area (Å²) in [6.45, 7) is 0. The third-order valence-corrected chi connectivity index (χ3v) is 7.32. The maximum absolute atomic E-state index is 11.7. The highest BCUT2D eigenvalue weighted by Gasteiger charge is 2.24. The van der Waals surface area contributed by atoms with Gasteiger partial charge in [-0.3, -0.25) is 4.79 Å². The lowest BCUT2D eigenvalue weighted by atomic mass is 10.3.